The topological polar surface area (TPSA) is 113 Å². The van der Waals surface area contributed by atoms with E-state index in [1.54, 1.807) is 24.3 Å². The maximum Gasteiger partial charge on any atom is 0.358 e. The molecule has 2 amide bonds. The van der Waals surface area contributed by atoms with Crippen LogP contribution in [0.1, 0.15) is 51.1 Å². The summed E-state index contributed by atoms with van der Waals surface area (Å²) in [5.74, 6) is -11.6. The van der Waals surface area contributed by atoms with Gasteiger partial charge in [-0.2, -0.15) is 8.78 Å². The smallest absolute Gasteiger partial charge is 0.358 e. The highest BCUT2D eigenvalue weighted by Gasteiger charge is 2.42. The molecule has 0 aliphatic carbocycles. The van der Waals surface area contributed by atoms with Gasteiger partial charge in [0, 0.05) is 19.5 Å². The van der Waals surface area contributed by atoms with Crippen LogP contribution in [0.2, 0.25) is 0 Å². The van der Waals surface area contributed by atoms with E-state index in [0.29, 0.717) is 11.1 Å². The second-order valence-electron chi connectivity index (χ2n) is 8.90. The van der Waals surface area contributed by atoms with Crippen molar-refractivity contribution < 1.29 is 41.5 Å². The third kappa shape index (κ3) is 6.21. The van der Waals surface area contributed by atoms with Gasteiger partial charge in [0.15, 0.2) is 5.69 Å². The third-order valence-corrected chi connectivity index (χ3v) is 6.99. The molecule has 2 N–H and O–H groups in total. The molecule has 1 fully saturated rings. The second kappa shape index (κ2) is 10.9. The van der Waals surface area contributed by atoms with E-state index >= 15 is 0 Å². The summed E-state index contributed by atoms with van der Waals surface area (Å²) in [5.41, 5.74) is 0.797. The second-order valence-corrected chi connectivity index (χ2v) is 9.85. The summed E-state index contributed by atoms with van der Waals surface area (Å²) in [6.45, 7) is -0.768. The van der Waals surface area contributed by atoms with Crippen molar-refractivity contribution in [2.75, 3.05) is 13.1 Å². The number of nitrogens with zero attached hydrogens (tertiary/aromatic N) is 2. The Hall–Kier alpha value is -3.74. The average molecular weight is 554 g/mol. The quantitative estimate of drug-likeness (QED) is 0.379. The van der Waals surface area contributed by atoms with Crippen molar-refractivity contribution in [2.45, 2.75) is 43.6 Å². The Morgan fingerprint density at radius 1 is 1.18 bits per heavy atom. The summed E-state index contributed by atoms with van der Waals surface area (Å²) in [5, 5.41) is 13.3. The first-order chi connectivity index (χ1) is 18.0. The summed E-state index contributed by atoms with van der Waals surface area (Å²) in [6, 6.07) is 8.85. The predicted molar refractivity (Wildman–Crippen MR) is 127 cm³/mol. The number of alkyl halides is 4. The number of rotatable bonds is 9. The first-order valence-corrected chi connectivity index (χ1v) is 12.5. The van der Waals surface area contributed by atoms with Gasteiger partial charge in [-0.05, 0) is 35.4 Å². The Bertz CT molecular complexity index is 1290. The van der Waals surface area contributed by atoms with Gasteiger partial charge >= 0.3 is 11.9 Å². The fourth-order valence-electron chi connectivity index (χ4n) is 4.02. The molecule has 1 atom stereocenters. The molecule has 202 valence electrons. The van der Waals surface area contributed by atoms with Crippen molar-refractivity contribution in [3.8, 4) is 0 Å². The third-order valence-electron chi connectivity index (χ3n) is 6.05. The van der Waals surface area contributed by atoms with E-state index in [0.717, 1.165) is 22.5 Å². The van der Waals surface area contributed by atoms with Crippen LogP contribution in [0.25, 0.3) is 0 Å². The maximum absolute atomic E-state index is 14.2. The summed E-state index contributed by atoms with van der Waals surface area (Å²) < 4.78 is 61.0. The zero-order chi connectivity index (χ0) is 27.5. The van der Waals surface area contributed by atoms with E-state index in [1.807, 2.05) is 0 Å². The molecular weight excluding hydrogens is 530 g/mol. The molecule has 0 radical (unpaired) electrons. The molecular formula is C25H23F4N3O5S. The van der Waals surface area contributed by atoms with Crippen LogP contribution in [0.5, 0.6) is 0 Å². The highest BCUT2D eigenvalue weighted by Crippen LogP contribution is 2.32. The number of aromatic nitrogens is 1. The minimum absolute atomic E-state index is 0.0750. The number of nitrogens with one attached hydrogen (secondary N) is 1. The lowest BCUT2D eigenvalue weighted by atomic mass is 9.98. The minimum atomic E-state index is -3.66. The number of halogens is 4. The van der Waals surface area contributed by atoms with E-state index in [-0.39, 0.29) is 48.8 Å². The SMILES string of the molecule is O=C(O)C(Cc1ccc(CNC(=O)C(F)(F)c2cccs2)cc1)c1nc(C(=O)N2CCCC(F)(F)C2)co1. The number of carbonyl (C=O) groups excluding carboxylic acids is 2. The Labute approximate surface area is 218 Å². The van der Waals surface area contributed by atoms with Gasteiger partial charge in [-0.3, -0.25) is 14.4 Å². The fraction of sp³-hybridized carbons (Fsp3) is 0.360. The van der Waals surface area contributed by atoms with Gasteiger partial charge in [0.2, 0.25) is 5.89 Å². The fourth-order valence-corrected chi connectivity index (χ4v) is 4.72. The molecule has 13 heteroatoms. The summed E-state index contributed by atoms with van der Waals surface area (Å²) in [4.78, 5) is 41.0. The van der Waals surface area contributed by atoms with Crippen LogP contribution in [-0.2, 0) is 28.5 Å². The maximum atomic E-state index is 14.2. The molecule has 1 saturated heterocycles. The number of hydrogen-bond donors (Lipinski definition) is 2. The van der Waals surface area contributed by atoms with Gasteiger partial charge in [0.05, 0.1) is 11.4 Å². The number of aliphatic carboxylic acids is 1. The van der Waals surface area contributed by atoms with E-state index in [2.05, 4.69) is 10.3 Å². The number of benzene rings is 1. The minimum Gasteiger partial charge on any atom is -0.481 e. The van der Waals surface area contributed by atoms with Gasteiger partial charge < -0.3 is 19.7 Å². The van der Waals surface area contributed by atoms with Gasteiger partial charge in [-0.1, -0.05) is 30.3 Å². The molecule has 1 aromatic carbocycles. The number of oxazole rings is 1. The summed E-state index contributed by atoms with van der Waals surface area (Å²) >= 11 is 0.775. The summed E-state index contributed by atoms with van der Waals surface area (Å²) in [7, 11) is 0. The number of carbonyl (C=O) groups is 3. The van der Waals surface area contributed by atoms with E-state index in [4.69, 9.17) is 4.42 Å². The molecule has 38 heavy (non-hydrogen) atoms. The molecule has 0 spiro atoms. The van der Waals surface area contributed by atoms with Crippen molar-refractivity contribution in [3.05, 3.63) is 75.6 Å². The molecule has 4 rings (SSSR count). The van der Waals surface area contributed by atoms with Crippen molar-refractivity contribution >= 4 is 29.1 Å². The summed E-state index contributed by atoms with van der Waals surface area (Å²) in [6.07, 6.45) is 0.707. The van der Waals surface area contributed by atoms with Crippen molar-refractivity contribution in [1.82, 2.24) is 15.2 Å². The molecule has 2 aromatic heterocycles. The van der Waals surface area contributed by atoms with Crippen LogP contribution < -0.4 is 5.32 Å². The highest BCUT2D eigenvalue weighted by atomic mass is 32.1. The number of thiophene rings is 1. The first kappa shape index (κ1) is 27.3. The van der Waals surface area contributed by atoms with Crippen LogP contribution in [0.3, 0.4) is 0 Å². The monoisotopic (exact) mass is 553 g/mol. The van der Waals surface area contributed by atoms with Crippen molar-refractivity contribution in [1.29, 1.82) is 0 Å². The van der Waals surface area contributed by atoms with Crippen LogP contribution in [-0.4, -0.2) is 51.8 Å². The van der Waals surface area contributed by atoms with Crippen LogP contribution in [0.4, 0.5) is 17.6 Å². The van der Waals surface area contributed by atoms with Gasteiger partial charge in [0.1, 0.15) is 12.2 Å². The predicted octanol–water partition coefficient (Wildman–Crippen LogP) is 4.43. The molecule has 0 saturated carbocycles. The van der Waals surface area contributed by atoms with Crippen LogP contribution >= 0.6 is 11.3 Å². The number of hydrogen-bond acceptors (Lipinski definition) is 6. The van der Waals surface area contributed by atoms with Gasteiger partial charge in [-0.25, -0.2) is 13.8 Å². The number of carboxylic acid groups (broad SMARTS) is 1. The lowest BCUT2D eigenvalue weighted by Gasteiger charge is -2.31. The van der Waals surface area contributed by atoms with Crippen LogP contribution in [0.15, 0.2) is 52.5 Å². The number of likely N-dealkylation sites (tertiary alicyclic amines) is 1. The van der Waals surface area contributed by atoms with Gasteiger partial charge in [0.25, 0.3) is 17.7 Å². The molecule has 3 heterocycles. The zero-order valence-electron chi connectivity index (χ0n) is 19.8. The molecule has 1 unspecified atom stereocenters. The van der Waals surface area contributed by atoms with Crippen molar-refractivity contribution in [2.24, 2.45) is 0 Å². The Balaban J connectivity index is 1.38. The number of carboxylic acids is 1. The molecule has 1 aliphatic rings. The van der Waals surface area contributed by atoms with E-state index in [9.17, 15) is 37.1 Å². The van der Waals surface area contributed by atoms with Crippen molar-refractivity contribution in [3.63, 3.8) is 0 Å². The lowest BCUT2D eigenvalue weighted by Crippen LogP contribution is -2.45. The highest BCUT2D eigenvalue weighted by molar-refractivity contribution is 7.10. The first-order valence-electron chi connectivity index (χ1n) is 11.6. The normalized spacial score (nSPS) is 16.2. The number of piperidine rings is 1. The lowest BCUT2D eigenvalue weighted by molar-refractivity contribution is -0.146. The zero-order valence-corrected chi connectivity index (χ0v) is 20.7. The average Bonchev–Trinajstić information content (AvgIpc) is 3.58. The Kier molecular flexibility index (Phi) is 7.86. The van der Waals surface area contributed by atoms with E-state index in [1.165, 1.54) is 17.5 Å². The van der Waals surface area contributed by atoms with E-state index < -0.39 is 42.1 Å². The Morgan fingerprint density at radius 2 is 1.89 bits per heavy atom. The molecule has 8 nitrogen and oxygen atoms in total. The molecule has 3 aromatic rings. The van der Waals surface area contributed by atoms with Crippen LogP contribution in [0, 0.1) is 0 Å². The standard InChI is InChI=1S/C25H23F4N3O5S/c26-24(27)8-2-9-32(14-24)21(33)18-13-37-20(31-18)17(22(34)35)11-15-4-6-16(7-5-15)12-30-23(36)25(28,29)19-3-1-10-38-19/h1,3-7,10,13,17H,2,8-9,11-12,14H2,(H,30,36)(H,34,35). The number of amides is 2. The molecule has 1 aliphatic heterocycles. The largest absolute Gasteiger partial charge is 0.481 e. The molecule has 0 bridgehead atoms. The Morgan fingerprint density at radius 3 is 2.53 bits per heavy atom. The van der Waals surface area contributed by atoms with Gasteiger partial charge in [-0.15, -0.1) is 11.3 Å².